The maximum atomic E-state index is 9.52. The van der Waals surface area contributed by atoms with Crippen molar-refractivity contribution < 1.29 is 5.11 Å². The molecule has 0 spiro atoms. The normalized spacial score (nSPS) is 34.3. The maximum absolute atomic E-state index is 9.52. The van der Waals surface area contributed by atoms with Crippen LogP contribution < -0.4 is 0 Å². The van der Waals surface area contributed by atoms with E-state index in [2.05, 4.69) is 6.07 Å². The van der Waals surface area contributed by atoms with Crippen molar-refractivity contribution in [2.75, 3.05) is 0 Å². The number of aliphatic hydroxyl groups excluding tert-OH is 1. The Kier molecular flexibility index (Phi) is 2.90. The average molecular weight is 153 g/mol. The topological polar surface area (TPSA) is 44.0 Å². The van der Waals surface area contributed by atoms with Crippen molar-refractivity contribution in [3.8, 4) is 6.07 Å². The second-order valence-electron chi connectivity index (χ2n) is 3.43. The van der Waals surface area contributed by atoms with Crippen molar-refractivity contribution in [2.24, 2.45) is 11.8 Å². The molecule has 0 aromatic carbocycles. The van der Waals surface area contributed by atoms with Crippen LogP contribution in [0, 0.1) is 23.2 Å². The van der Waals surface area contributed by atoms with Crippen molar-refractivity contribution in [3.63, 3.8) is 0 Å². The summed E-state index contributed by atoms with van der Waals surface area (Å²) in [4.78, 5) is 0. The Morgan fingerprint density at radius 1 is 1.45 bits per heavy atom. The molecule has 1 aliphatic rings. The summed E-state index contributed by atoms with van der Waals surface area (Å²) in [5.74, 6) is 0.249. The van der Waals surface area contributed by atoms with Crippen molar-refractivity contribution in [1.82, 2.24) is 0 Å². The molecule has 11 heavy (non-hydrogen) atoms. The molecule has 2 nitrogen and oxygen atoms in total. The van der Waals surface area contributed by atoms with E-state index >= 15 is 0 Å². The minimum absolute atomic E-state index is 0.0188. The van der Waals surface area contributed by atoms with E-state index in [1.165, 1.54) is 6.42 Å². The number of rotatable bonds is 1. The van der Waals surface area contributed by atoms with Gasteiger partial charge in [0.1, 0.15) is 0 Å². The molecular weight excluding hydrogens is 138 g/mol. The van der Waals surface area contributed by atoms with Crippen LogP contribution >= 0.6 is 0 Å². The van der Waals surface area contributed by atoms with Crippen LogP contribution in [-0.4, -0.2) is 11.2 Å². The molecule has 62 valence electrons. The first-order valence-electron chi connectivity index (χ1n) is 4.33. The highest BCUT2D eigenvalue weighted by Gasteiger charge is 2.27. The highest BCUT2D eigenvalue weighted by Crippen LogP contribution is 2.29. The summed E-state index contributed by atoms with van der Waals surface area (Å²) in [6.45, 7) is 1.90. The third-order valence-corrected chi connectivity index (χ3v) is 2.63. The second kappa shape index (κ2) is 3.73. The minimum atomic E-state index is -0.224. The molecule has 0 aromatic heterocycles. The van der Waals surface area contributed by atoms with Crippen LogP contribution in [0.3, 0.4) is 0 Å². The lowest BCUT2D eigenvalue weighted by Crippen LogP contribution is -2.28. The van der Waals surface area contributed by atoms with E-state index in [1.807, 2.05) is 6.92 Å². The van der Waals surface area contributed by atoms with Gasteiger partial charge in [-0.05, 0) is 19.8 Å². The Balaban J connectivity index is 2.48. The van der Waals surface area contributed by atoms with Crippen LogP contribution in [0.15, 0.2) is 0 Å². The quantitative estimate of drug-likeness (QED) is 0.623. The van der Waals surface area contributed by atoms with E-state index in [4.69, 9.17) is 5.26 Å². The fourth-order valence-electron chi connectivity index (χ4n) is 1.82. The van der Waals surface area contributed by atoms with Crippen LogP contribution in [0.1, 0.15) is 32.6 Å². The number of hydrogen-bond acceptors (Lipinski definition) is 2. The molecule has 1 rings (SSSR count). The molecule has 0 heterocycles. The Hall–Kier alpha value is -0.550. The van der Waals surface area contributed by atoms with Crippen LogP contribution in [0.5, 0.6) is 0 Å². The molecule has 1 saturated carbocycles. The average Bonchev–Trinajstić information content (AvgIpc) is 2.04. The van der Waals surface area contributed by atoms with Gasteiger partial charge >= 0.3 is 0 Å². The minimum Gasteiger partial charge on any atom is -0.393 e. The molecular formula is C9H15NO. The van der Waals surface area contributed by atoms with E-state index in [0.29, 0.717) is 0 Å². The van der Waals surface area contributed by atoms with Gasteiger partial charge in [0.25, 0.3) is 0 Å². The summed E-state index contributed by atoms with van der Waals surface area (Å²) < 4.78 is 0. The van der Waals surface area contributed by atoms with Gasteiger partial charge in [-0.25, -0.2) is 0 Å². The van der Waals surface area contributed by atoms with Gasteiger partial charge in [-0.15, -0.1) is 0 Å². The Bertz CT molecular complexity index is 161. The number of nitriles is 1. The number of nitrogens with zero attached hydrogens (tertiary/aromatic N) is 1. The molecule has 0 aromatic rings. The molecule has 0 saturated heterocycles. The van der Waals surface area contributed by atoms with Crippen molar-refractivity contribution in [3.05, 3.63) is 0 Å². The zero-order chi connectivity index (χ0) is 8.27. The molecule has 3 atom stereocenters. The third-order valence-electron chi connectivity index (χ3n) is 2.63. The smallest absolute Gasteiger partial charge is 0.0656 e. The van der Waals surface area contributed by atoms with Crippen LogP contribution in [0.4, 0.5) is 0 Å². The summed E-state index contributed by atoms with van der Waals surface area (Å²) >= 11 is 0. The first-order chi connectivity index (χ1) is 5.25. The molecule has 0 radical (unpaired) electrons. The van der Waals surface area contributed by atoms with Crippen LogP contribution in [0.2, 0.25) is 0 Å². The molecule has 0 bridgehead atoms. The van der Waals surface area contributed by atoms with Crippen molar-refractivity contribution in [1.29, 1.82) is 5.26 Å². The Morgan fingerprint density at radius 2 is 2.09 bits per heavy atom. The molecule has 1 aliphatic carbocycles. The van der Waals surface area contributed by atoms with E-state index in [9.17, 15) is 5.11 Å². The Labute approximate surface area is 67.8 Å². The lowest BCUT2D eigenvalue weighted by molar-refractivity contribution is 0.0532. The zero-order valence-corrected chi connectivity index (χ0v) is 6.95. The number of aliphatic hydroxyl groups is 1. The third kappa shape index (κ3) is 1.94. The zero-order valence-electron chi connectivity index (χ0n) is 6.95. The van der Waals surface area contributed by atoms with Gasteiger partial charge in [-0.3, -0.25) is 0 Å². The molecule has 1 N–H and O–H groups in total. The van der Waals surface area contributed by atoms with Gasteiger partial charge in [-0.1, -0.05) is 12.8 Å². The highest BCUT2D eigenvalue weighted by molar-refractivity contribution is 4.89. The number of hydrogen-bond donors (Lipinski definition) is 1. The van der Waals surface area contributed by atoms with Gasteiger partial charge < -0.3 is 5.11 Å². The summed E-state index contributed by atoms with van der Waals surface area (Å²) in [6, 6.07) is 2.21. The fraction of sp³-hybridized carbons (Fsp3) is 0.889. The van der Waals surface area contributed by atoms with Crippen molar-refractivity contribution in [2.45, 2.75) is 38.7 Å². The first kappa shape index (κ1) is 8.55. The molecule has 3 unspecified atom stereocenters. The van der Waals surface area contributed by atoms with E-state index in [-0.39, 0.29) is 17.9 Å². The summed E-state index contributed by atoms with van der Waals surface area (Å²) in [5, 5.41) is 18.2. The monoisotopic (exact) mass is 153 g/mol. The summed E-state index contributed by atoms with van der Waals surface area (Å²) in [6.07, 6.45) is 3.98. The second-order valence-corrected chi connectivity index (χ2v) is 3.43. The molecule has 0 amide bonds. The van der Waals surface area contributed by atoms with Crippen molar-refractivity contribution >= 4 is 0 Å². The van der Waals surface area contributed by atoms with Gasteiger partial charge in [0.2, 0.25) is 0 Å². The Morgan fingerprint density at radius 3 is 2.64 bits per heavy atom. The van der Waals surface area contributed by atoms with Gasteiger partial charge in [0, 0.05) is 11.8 Å². The molecule has 2 heteroatoms. The van der Waals surface area contributed by atoms with E-state index < -0.39 is 0 Å². The highest BCUT2D eigenvalue weighted by atomic mass is 16.3. The standard InChI is InChI=1S/C9H15NO/c1-7(6-10)8-4-2-3-5-9(8)11/h7-9,11H,2-5H2,1H3. The first-order valence-corrected chi connectivity index (χ1v) is 4.33. The van der Waals surface area contributed by atoms with Crippen LogP contribution in [-0.2, 0) is 0 Å². The lowest BCUT2D eigenvalue weighted by atomic mass is 9.79. The molecule has 0 aliphatic heterocycles. The maximum Gasteiger partial charge on any atom is 0.0656 e. The fourth-order valence-corrected chi connectivity index (χ4v) is 1.82. The van der Waals surface area contributed by atoms with Gasteiger partial charge in [-0.2, -0.15) is 5.26 Å². The summed E-state index contributed by atoms with van der Waals surface area (Å²) in [5.41, 5.74) is 0. The van der Waals surface area contributed by atoms with Crippen LogP contribution in [0.25, 0.3) is 0 Å². The largest absolute Gasteiger partial charge is 0.393 e. The van der Waals surface area contributed by atoms with Gasteiger partial charge in [0.15, 0.2) is 0 Å². The predicted molar refractivity (Wildman–Crippen MR) is 42.7 cm³/mol. The lowest BCUT2D eigenvalue weighted by Gasteiger charge is -2.28. The summed E-state index contributed by atoms with van der Waals surface area (Å²) in [7, 11) is 0. The SMILES string of the molecule is CC(C#N)C1CCCCC1O. The molecule has 1 fully saturated rings. The van der Waals surface area contributed by atoms with Gasteiger partial charge in [0.05, 0.1) is 12.2 Å². The van der Waals surface area contributed by atoms with E-state index in [0.717, 1.165) is 19.3 Å². The predicted octanol–water partition coefficient (Wildman–Crippen LogP) is 1.70. The van der Waals surface area contributed by atoms with E-state index in [1.54, 1.807) is 0 Å².